The van der Waals surface area contributed by atoms with Crippen LogP contribution >= 0.6 is 12.2 Å². The van der Waals surface area contributed by atoms with Crippen LogP contribution in [0, 0.1) is 23.2 Å². The van der Waals surface area contributed by atoms with Gasteiger partial charge in [-0.3, -0.25) is 0 Å². The zero-order valence-corrected chi connectivity index (χ0v) is 11.3. The van der Waals surface area contributed by atoms with E-state index in [9.17, 15) is 0 Å². The predicted molar refractivity (Wildman–Crippen MR) is 72.9 cm³/mol. The summed E-state index contributed by atoms with van der Waals surface area (Å²) < 4.78 is 0. The van der Waals surface area contributed by atoms with E-state index in [0.29, 0.717) is 12.0 Å². The highest BCUT2D eigenvalue weighted by Crippen LogP contribution is 2.61. The Bertz CT molecular complexity index is 280. The Morgan fingerprint density at radius 2 is 1.65 bits per heavy atom. The molecule has 0 unspecified atom stereocenters. The Morgan fingerprint density at radius 1 is 1.12 bits per heavy atom. The van der Waals surface area contributed by atoms with Gasteiger partial charge in [-0.05, 0) is 61.7 Å². The van der Waals surface area contributed by atoms with Crippen molar-refractivity contribution in [2.75, 3.05) is 13.2 Å². The summed E-state index contributed by atoms with van der Waals surface area (Å²) in [6.45, 7) is 0.798. The van der Waals surface area contributed by atoms with Crippen LogP contribution in [0.3, 0.4) is 0 Å². The molecular weight excluding hydrogens is 230 g/mol. The quantitative estimate of drug-likeness (QED) is 0.755. The van der Waals surface area contributed by atoms with Crippen molar-refractivity contribution in [3.8, 4) is 0 Å². The maximum Gasteiger partial charge on any atom is 0.0759 e. The number of thiocarbonyl (C=S) groups is 1. The van der Waals surface area contributed by atoms with Gasteiger partial charge in [0, 0.05) is 13.0 Å². The maximum absolute atomic E-state index is 8.82. The van der Waals surface area contributed by atoms with Gasteiger partial charge in [-0.15, -0.1) is 0 Å². The Hall–Kier alpha value is -0.150. The van der Waals surface area contributed by atoms with Crippen molar-refractivity contribution in [3.05, 3.63) is 0 Å². The number of rotatable bonds is 4. The molecule has 0 aliphatic heterocycles. The molecule has 96 valence electrons. The predicted octanol–water partition coefficient (Wildman–Crippen LogP) is 2.50. The summed E-state index contributed by atoms with van der Waals surface area (Å²) in [5, 5.41) is 12.0. The van der Waals surface area contributed by atoms with E-state index in [0.717, 1.165) is 29.2 Å². The first-order chi connectivity index (χ1) is 8.19. The van der Waals surface area contributed by atoms with Gasteiger partial charge in [0.1, 0.15) is 0 Å². The molecule has 4 bridgehead atoms. The van der Waals surface area contributed by atoms with E-state index in [1.54, 1.807) is 0 Å². The number of aliphatic hydroxyl groups is 1. The topological polar surface area (TPSA) is 32.3 Å². The number of aliphatic hydroxyl groups excluding tert-OH is 1. The first kappa shape index (κ1) is 11.9. The fourth-order valence-electron chi connectivity index (χ4n) is 5.10. The van der Waals surface area contributed by atoms with E-state index in [4.69, 9.17) is 17.3 Å². The molecule has 2 nitrogen and oxygen atoms in total. The lowest BCUT2D eigenvalue weighted by Crippen LogP contribution is -2.47. The molecule has 4 aliphatic rings. The second-order valence-electron chi connectivity index (χ2n) is 6.67. The molecule has 0 heterocycles. The lowest BCUT2D eigenvalue weighted by molar-refractivity contribution is -0.0482. The minimum atomic E-state index is 0.182. The molecule has 0 saturated heterocycles. The molecule has 4 rings (SSSR count). The van der Waals surface area contributed by atoms with Crippen LogP contribution in [0.4, 0.5) is 0 Å². The second kappa shape index (κ2) is 4.51. The molecule has 0 radical (unpaired) electrons. The maximum atomic E-state index is 8.82. The molecule has 0 spiro atoms. The van der Waals surface area contributed by atoms with Crippen molar-refractivity contribution in [1.29, 1.82) is 0 Å². The Balaban J connectivity index is 1.64. The van der Waals surface area contributed by atoms with Gasteiger partial charge in [0.25, 0.3) is 0 Å². The van der Waals surface area contributed by atoms with Gasteiger partial charge < -0.3 is 10.4 Å². The van der Waals surface area contributed by atoms with Crippen molar-refractivity contribution in [2.24, 2.45) is 23.2 Å². The summed E-state index contributed by atoms with van der Waals surface area (Å²) >= 11 is 5.43. The molecule has 4 saturated carbocycles. The standard InChI is InChI=1S/C14H23NOS/c16-2-1-15-13(17)9-14-6-10-3-11(7-14)5-12(4-10)8-14/h10-12,16H,1-9H2,(H,15,17). The molecule has 17 heavy (non-hydrogen) atoms. The van der Waals surface area contributed by atoms with E-state index < -0.39 is 0 Å². The third-order valence-corrected chi connectivity index (χ3v) is 5.42. The van der Waals surface area contributed by atoms with Gasteiger partial charge >= 0.3 is 0 Å². The average Bonchev–Trinajstić information content (AvgIpc) is 2.23. The van der Waals surface area contributed by atoms with Crippen LogP contribution in [0.2, 0.25) is 0 Å². The molecular formula is C14H23NOS. The third-order valence-electron chi connectivity index (χ3n) is 5.13. The highest BCUT2D eigenvalue weighted by Gasteiger charge is 2.50. The van der Waals surface area contributed by atoms with Crippen LogP contribution in [-0.4, -0.2) is 23.2 Å². The van der Waals surface area contributed by atoms with Gasteiger partial charge in [-0.1, -0.05) is 12.2 Å². The van der Waals surface area contributed by atoms with Crippen LogP contribution in [0.5, 0.6) is 0 Å². The van der Waals surface area contributed by atoms with E-state index in [1.165, 1.54) is 38.5 Å². The van der Waals surface area contributed by atoms with Crippen LogP contribution in [0.15, 0.2) is 0 Å². The highest BCUT2D eigenvalue weighted by molar-refractivity contribution is 7.80. The molecule has 4 aliphatic carbocycles. The Morgan fingerprint density at radius 3 is 2.12 bits per heavy atom. The first-order valence-corrected chi connectivity index (χ1v) is 7.47. The molecule has 3 heteroatoms. The molecule has 4 fully saturated rings. The van der Waals surface area contributed by atoms with E-state index in [1.807, 2.05) is 0 Å². The van der Waals surface area contributed by atoms with E-state index in [2.05, 4.69) is 5.32 Å². The molecule has 0 aromatic rings. The lowest BCUT2D eigenvalue weighted by Gasteiger charge is -2.57. The first-order valence-electron chi connectivity index (χ1n) is 7.07. The molecule has 0 amide bonds. The molecule has 0 atom stereocenters. The lowest BCUT2D eigenvalue weighted by atomic mass is 9.49. The fourth-order valence-corrected chi connectivity index (χ4v) is 5.51. The summed E-state index contributed by atoms with van der Waals surface area (Å²) in [5.41, 5.74) is 0.536. The fraction of sp³-hybridized carbons (Fsp3) is 0.929. The zero-order valence-electron chi connectivity index (χ0n) is 10.5. The largest absolute Gasteiger partial charge is 0.395 e. The minimum absolute atomic E-state index is 0.182. The summed E-state index contributed by atoms with van der Waals surface area (Å²) in [6, 6.07) is 0. The number of hydrogen-bond donors (Lipinski definition) is 2. The van der Waals surface area contributed by atoms with Gasteiger partial charge in [0.05, 0.1) is 11.6 Å². The Kier molecular flexibility index (Phi) is 3.16. The summed E-state index contributed by atoms with van der Waals surface area (Å²) in [4.78, 5) is 0.987. The number of hydrogen-bond acceptors (Lipinski definition) is 2. The minimum Gasteiger partial charge on any atom is -0.395 e. The average molecular weight is 253 g/mol. The van der Waals surface area contributed by atoms with Crippen molar-refractivity contribution in [3.63, 3.8) is 0 Å². The van der Waals surface area contributed by atoms with Gasteiger partial charge in [-0.25, -0.2) is 0 Å². The van der Waals surface area contributed by atoms with E-state index in [-0.39, 0.29) is 6.61 Å². The van der Waals surface area contributed by atoms with Crippen molar-refractivity contribution < 1.29 is 5.11 Å². The molecule has 0 aromatic heterocycles. The molecule has 2 N–H and O–H groups in total. The van der Waals surface area contributed by atoms with Crippen LogP contribution in [0.1, 0.15) is 44.9 Å². The van der Waals surface area contributed by atoms with Gasteiger partial charge in [-0.2, -0.15) is 0 Å². The summed E-state index contributed by atoms with van der Waals surface area (Å²) in [6.07, 6.45) is 9.81. The van der Waals surface area contributed by atoms with Crippen LogP contribution < -0.4 is 5.32 Å². The van der Waals surface area contributed by atoms with Gasteiger partial charge in [0.15, 0.2) is 0 Å². The second-order valence-corrected chi connectivity index (χ2v) is 7.16. The van der Waals surface area contributed by atoms with E-state index >= 15 is 0 Å². The van der Waals surface area contributed by atoms with Crippen LogP contribution in [0.25, 0.3) is 0 Å². The smallest absolute Gasteiger partial charge is 0.0759 e. The van der Waals surface area contributed by atoms with Crippen molar-refractivity contribution >= 4 is 17.2 Å². The van der Waals surface area contributed by atoms with Crippen molar-refractivity contribution in [1.82, 2.24) is 5.32 Å². The number of nitrogens with one attached hydrogen (secondary N) is 1. The normalized spacial score (nSPS) is 42.8. The monoisotopic (exact) mass is 253 g/mol. The Labute approximate surface area is 109 Å². The molecule has 0 aromatic carbocycles. The summed E-state index contributed by atoms with van der Waals surface area (Å²) in [5.74, 6) is 3.01. The summed E-state index contributed by atoms with van der Waals surface area (Å²) in [7, 11) is 0. The van der Waals surface area contributed by atoms with Gasteiger partial charge in [0.2, 0.25) is 0 Å². The van der Waals surface area contributed by atoms with Crippen molar-refractivity contribution in [2.45, 2.75) is 44.9 Å². The third kappa shape index (κ3) is 2.37. The van der Waals surface area contributed by atoms with Crippen LogP contribution in [-0.2, 0) is 0 Å². The highest BCUT2D eigenvalue weighted by atomic mass is 32.1. The SMILES string of the molecule is OCCNC(=S)CC12CC3CC(CC(C3)C1)C2. The zero-order chi connectivity index (χ0) is 11.9.